The van der Waals surface area contributed by atoms with E-state index in [-0.39, 0.29) is 5.91 Å². The zero-order chi connectivity index (χ0) is 21.7. The molecule has 1 saturated heterocycles. The second-order valence-corrected chi connectivity index (χ2v) is 7.19. The number of methoxy groups -OCH3 is 3. The molecule has 0 unspecified atom stereocenters. The van der Waals surface area contributed by atoms with Gasteiger partial charge in [-0.05, 0) is 36.4 Å². The predicted molar refractivity (Wildman–Crippen MR) is 114 cm³/mol. The van der Waals surface area contributed by atoms with Gasteiger partial charge in [0, 0.05) is 5.56 Å². The van der Waals surface area contributed by atoms with Crippen LogP contribution < -0.4 is 24.6 Å². The number of esters is 1. The van der Waals surface area contributed by atoms with Gasteiger partial charge in [0.05, 0.1) is 71.5 Å². The largest absolute Gasteiger partial charge is 0.493 e. The number of nitrogens with zero attached hydrogens (tertiary/aromatic N) is 1. The Morgan fingerprint density at radius 3 is 2.23 bits per heavy atom. The highest BCUT2D eigenvalue weighted by Gasteiger charge is 2.22. The van der Waals surface area contributed by atoms with E-state index in [4.69, 9.17) is 14.2 Å². The minimum atomic E-state index is -0.453. The Balaban J connectivity index is 1.92. The Kier molecular flexibility index (Phi) is 6.79. The van der Waals surface area contributed by atoms with E-state index >= 15 is 0 Å². The summed E-state index contributed by atoms with van der Waals surface area (Å²) in [6.07, 6.45) is 0. The first-order valence-electron chi connectivity index (χ1n) is 9.78. The molecule has 160 valence electrons. The van der Waals surface area contributed by atoms with Crippen molar-refractivity contribution in [3.63, 3.8) is 0 Å². The molecule has 0 spiro atoms. The van der Waals surface area contributed by atoms with Gasteiger partial charge < -0.3 is 29.3 Å². The highest BCUT2D eigenvalue weighted by Crippen LogP contribution is 2.30. The standard InChI is InChI=1S/C22H27N3O5/c1-24-9-11-25(12-10-24)18-7-5-16(22(27)30-4)13-17(18)23-21(26)15-6-8-19(28-2)20(14-15)29-3/h5-8,13-14H,9-12H2,1-4H3,(H,23,26)/p+1. The van der Waals surface area contributed by atoms with Crippen molar-refractivity contribution >= 4 is 23.3 Å². The van der Waals surface area contributed by atoms with Crippen LogP contribution in [0.3, 0.4) is 0 Å². The fourth-order valence-corrected chi connectivity index (χ4v) is 3.46. The minimum Gasteiger partial charge on any atom is -0.493 e. The molecule has 0 aromatic heterocycles. The van der Waals surface area contributed by atoms with Crippen LogP contribution in [0.4, 0.5) is 11.4 Å². The van der Waals surface area contributed by atoms with E-state index < -0.39 is 5.97 Å². The van der Waals surface area contributed by atoms with Crippen molar-refractivity contribution in [2.45, 2.75) is 0 Å². The maximum Gasteiger partial charge on any atom is 0.337 e. The number of anilines is 2. The summed E-state index contributed by atoms with van der Waals surface area (Å²) in [7, 11) is 6.56. The van der Waals surface area contributed by atoms with E-state index in [0.717, 1.165) is 31.9 Å². The van der Waals surface area contributed by atoms with Crippen molar-refractivity contribution in [1.82, 2.24) is 0 Å². The van der Waals surface area contributed by atoms with Gasteiger partial charge in [-0.2, -0.15) is 0 Å². The molecule has 3 rings (SSSR count). The maximum absolute atomic E-state index is 13.0. The zero-order valence-electron chi connectivity index (χ0n) is 17.8. The average molecular weight is 414 g/mol. The first-order chi connectivity index (χ1) is 14.5. The van der Waals surface area contributed by atoms with Crippen LogP contribution in [-0.2, 0) is 4.74 Å². The van der Waals surface area contributed by atoms with Gasteiger partial charge in [0.25, 0.3) is 5.91 Å². The number of amides is 1. The molecule has 0 saturated carbocycles. The molecule has 8 heteroatoms. The smallest absolute Gasteiger partial charge is 0.337 e. The zero-order valence-corrected chi connectivity index (χ0v) is 17.8. The highest BCUT2D eigenvalue weighted by molar-refractivity contribution is 6.07. The molecule has 1 fully saturated rings. The number of hydrogen-bond acceptors (Lipinski definition) is 6. The number of ether oxygens (including phenoxy) is 3. The Morgan fingerprint density at radius 1 is 0.933 bits per heavy atom. The second-order valence-electron chi connectivity index (χ2n) is 7.19. The fraction of sp³-hybridized carbons (Fsp3) is 0.364. The van der Waals surface area contributed by atoms with Crippen molar-refractivity contribution in [3.05, 3.63) is 47.5 Å². The Labute approximate surface area is 176 Å². The van der Waals surface area contributed by atoms with Crippen LogP contribution in [-0.4, -0.2) is 66.4 Å². The lowest BCUT2D eigenvalue weighted by Gasteiger charge is -2.33. The first kappa shape index (κ1) is 21.4. The molecule has 0 radical (unpaired) electrons. The summed E-state index contributed by atoms with van der Waals surface area (Å²) in [6, 6.07) is 10.2. The fourth-order valence-electron chi connectivity index (χ4n) is 3.46. The predicted octanol–water partition coefficient (Wildman–Crippen LogP) is 1.08. The van der Waals surface area contributed by atoms with Gasteiger partial charge in [-0.25, -0.2) is 4.79 Å². The van der Waals surface area contributed by atoms with Gasteiger partial charge >= 0.3 is 5.97 Å². The number of rotatable bonds is 6. The van der Waals surface area contributed by atoms with Gasteiger partial charge in [-0.3, -0.25) is 4.79 Å². The molecule has 2 aromatic carbocycles. The van der Waals surface area contributed by atoms with Gasteiger partial charge in [0.2, 0.25) is 0 Å². The highest BCUT2D eigenvalue weighted by atomic mass is 16.5. The third-order valence-electron chi connectivity index (χ3n) is 5.27. The van der Waals surface area contributed by atoms with Crippen molar-refractivity contribution in [3.8, 4) is 11.5 Å². The van der Waals surface area contributed by atoms with Crippen molar-refractivity contribution in [1.29, 1.82) is 0 Å². The number of hydrogen-bond donors (Lipinski definition) is 2. The SMILES string of the molecule is COC(=O)c1ccc(N2CC[NH+](C)CC2)c(NC(=O)c2ccc(OC)c(OC)c2)c1. The molecule has 30 heavy (non-hydrogen) atoms. The summed E-state index contributed by atoms with van der Waals surface area (Å²) >= 11 is 0. The molecule has 2 aromatic rings. The van der Waals surface area contributed by atoms with E-state index in [0.29, 0.717) is 28.3 Å². The quantitative estimate of drug-likeness (QED) is 0.689. The summed E-state index contributed by atoms with van der Waals surface area (Å²) in [6.45, 7) is 3.73. The molecule has 1 heterocycles. The van der Waals surface area contributed by atoms with Crippen molar-refractivity contribution in [2.75, 3.05) is 64.8 Å². The minimum absolute atomic E-state index is 0.307. The van der Waals surface area contributed by atoms with E-state index in [9.17, 15) is 9.59 Å². The van der Waals surface area contributed by atoms with Crippen LogP contribution in [0, 0.1) is 0 Å². The number of likely N-dealkylation sites (N-methyl/N-ethyl adjacent to an activating group) is 1. The van der Waals surface area contributed by atoms with E-state index in [1.807, 2.05) is 6.07 Å². The Bertz CT molecular complexity index is 923. The van der Waals surface area contributed by atoms with Gasteiger partial charge in [-0.1, -0.05) is 0 Å². The monoisotopic (exact) mass is 414 g/mol. The lowest BCUT2D eigenvalue weighted by molar-refractivity contribution is -0.880. The van der Waals surface area contributed by atoms with Gasteiger partial charge in [-0.15, -0.1) is 0 Å². The molecule has 1 aliphatic rings. The number of piperazine rings is 1. The van der Waals surface area contributed by atoms with Gasteiger partial charge in [0.15, 0.2) is 11.5 Å². The van der Waals surface area contributed by atoms with Crippen LogP contribution in [0.15, 0.2) is 36.4 Å². The molecular weight excluding hydrogens is 386 g/mol. The lowest BCUT2D eigenvalue weighted by Crippen LogP contribution is -3.12. The Morgan fingerprint density at radius 2 is 1.60 bits per heavy atom. The number of quaternary nitrogens is 1. The van der Waals surface area contributed by atoms with Crippen LogP contribution in [0.25, 0.3) is 0 Å². The average Bonchev–Trinajstić information content (AvgIpc) is 2.78. The van der Waals surface area contributed by atoms with E-state index in [2.05, 4.69) is 17.3 Å². The summed E-state index contributed by atoms with van der Waals surface area (Å²) in [5.41, 5.74) is 2.25. The molecule has 1 amide bonds. The molecule has 0 bridgehead atoms. The molecule has 0 aliphatic carbocycles. The van der Waals surface area contributed by atoms with Crippen LogP contribution >= 0.6 is 0 Å². The normalized spacial score (nSPS) is 14.2. The number of nitrogens with one attached hydrogen (secondary N) is 2. The molecular formula is C22H28N3O5+. The third-order valence-corrected chi connectivity index (χ3v) is 5.27. The van der Waals surface area contributed by atoms with Crippen molar-refractivity contribution in [2.24, 2.45) is 0 Å². The number of benzene rings is 2. The Hall–Kier alpha value is -3.26. The van der Waals surface area contributed by atoms with Gasteiger partial charge in [0.1, 0.15) is 0 Å². The molecule has 1 aliphatic heterocycles. The lowest BCUT2D eigenvalue weighted by atomic mass is 10.1. The second kappa shape index (κ2) is 9.49. The van der Waals surface area contributed by atoms with Crippen LogP contribution in [0.1, 0.15) is 20.7 Å². The third kappa shape index (κ3) is 4.65. The summed E-state index contributed by atoms with van der Waals surface area (Å²) in [4.78, 5) is 28.7. The summed E-state index contributed by atoms with van der Waals surface area (Å²) in [5.74, 6) is 0.253. The maximum atomic E-state index is 13.0. The number of carbonyl (C=O) groups excluding carboxylic acids is 2. The summed E-state index contributed by atoms with van der Waals surface area (Å²) < 4.78 is 15.4. The topological polar surface area (TPSA) is 81.5 Å². The van der Waals surface area contributed by atoms with E-state index in [1.165, 1.54) is 19.1 Å². The summed E-state index contributed by atoms with van der Waals surface area (Å²) in [5, 5.41) is 2.95. The number of carbonyl (C=O) groups is 2. The molecule has 0 atom stereocenters. The van der Waals surface area contributed by atoms with Crippen LogP contribution in [0.2, 0.25) is 0 Å². The first-order valence-corrected chi connectivity index (χ1v) is 9.78. The van der Waals surface area contributed by atoms with Crippen molar-refractivity contribution < 1.29 is 28.7 Å². The molecule has 8 nitrogen and oxygen atoms in total. The molecule has 2 N–H and O–H groups in total. The van der Waals surface area contributed by atoms with E-state index in [1.54, 1.807) is 37.4 Å². The van der Waals surface area contributed by atoms with Crippen LogP contribution in [0.5, 0.6) is 11.5 Å².